The number of rotatable bonds is 6. The molecule has 0 aliphatic carbocycles. The van der Waals surface area contributed by atoms with E-state index in [1.165, 1.54) is 11.3 Å². The average molecular weight is 260 g/mol. The van der Waals surface area contributed by atoms with Crippen LogP contribution in [-0.2, 0) is 11.2 Å². The molecule has 1 heterocycles. The molecule has 3 N–H and O–H groups in total. The summed E-state index contributed by atoms with van der Waals surface area (Å²) in [5.41, 5.74) is 5.72. The van der Waals surface area contributed by atoms with Gasteiger partial charge in [-0.25, -0.2) is 0 Å². The topological polar surface area (TPSA) is 80.9 Å². The van der Waals surface area contributed by atoms with Gasteiger partial charge in [0.1, 0.15) is 5.01 Å². The molecule has 0 aliphatic heterocycles. The lowest BCUT2D eigenvalue weighted by Gasteiger charge is -2.08. The molecule has 0 fully saturated rings. The Hall–Kier alpha value is -0.660. The molecule has 0 saturated carbocycles. The Kier molecular flexibility index (Phi) is 5.72. The summed E-state index contributed by atoms with van der Waals surface area (Å²) >= 11 is 3.06. The molecule has 1 aromatic rings. The first-order chi connectivity index (χ1) is 7.67. The van der Waals surface area contributed by atoms with Crippen molar-refractivity contribution in [2.75, 3.05) is 17.3 Å². The quantitative estimate of drug-likeness (QED) is 0.801. The summed E-state index contributed by atoms with van der Waals surface area (Å²) < 4.78 is 0. The maximum Gasteiger partial charge on any atom is 0.243 e. The monoisotopic (exact) mass is 260 g/mol. The van der Waals surface area contributed by atoms with Gasteiger partial charge in [0.05, 0.1) is 6.04 Å². The second-order valence-corrected chi connectivity index (χ2v) is 5.28. The number of carbonyl (C=O) groups is 1. The van der Waals surface area contributed by atoms with Crippen molar-refractivity contribution in [1.29, 1.82) is 0 Å². The van der Waals surface area contributed by atoms with Crippen molar-refractivity contribution in [3.63, 3.8) is 0 Å². The molecular formula is C9H16N4OS2. The second-order valence-electron chi connectivity index (χ2n) is 3.23. The van der Waals surface area contributed by atoms with Crippen LogP contribution in [0, 0.1) is 0 Å². The van der Waals surface area contributed by atoms with E-state index in [1.807, 2.05) is 13.2 Å². The SMILES string of the molecule is CCc1nnc(NC(=O)[C@@H](N)CCSC)s1. The summed E-state index contributed by atoms with van der Waals surface area (Å²) in [6, 6.07) is -0.471. The highest BCUT2D eigenvalue weighted by Gasteiger charge is 2.14. The third-order valence-corrected chi connectivity index (χ3v) is 3.60. The minimum absolute atomic E-state index is 0.187. The number of hydrogen-bond donors (Lipinski definition) is 2. The number of anilines is 1. The van der Waals surface area contributed by atoms with E-state index < -0.39 is 6.04 Å². The molecule has 0 saturated heterocycles. The average Bonchev–Trinajstić information content (AvgIpc) is 2.73. The van der Waals surface area contributed by atoms with E-state index in [2.05, 4.69) is 15.5 Å². The summed E-state index contributed by atoms with van der Waals surface area (Å²) in [5.74, 6) is 0.693. The highest BCUT2D eigenvalue weighted by Crippen LogP contribution is 2.15. The van der Waals surface area contributed by atoms with E-state index in [-0.39, 0.29) is 5.91 Å². The van der Waals surface area contributed by atoms with E-state index in [1.54, 1.807) is 11.8 Å². The Labute approximate surface area is 103 Å². The predicted molar refractivity (Wildman–Crippen MR) is 68.9 cm³/mol. The van der Waals surface area contributed by atoms with Crippen LogP contribution in [-0.4, -0.2) is 34.2 Å². The van der Waals surface area contributed by atoms with Crippen molar-refractivity contribution in [3.05, 3.63) is 5.01 Å². The Bertz CT molecular complexity index is 342. The Morgan fingerprint density at radius 1 is 1.62 bits per heavy atom. The molecule has 1 atom stereocenters. The van der Waals surface area contributed by atoms with Crippen molar-refractivity contribution in [2.45, 2.75) is 25.8 Å². The molecule has 90 valence electrons. The van der Waals surface area contributed by atoms with Crippen molar-refractivity contribution in [2.24, 2.45) is 5.73 Å². The standard InChI is InChI=1S/C9H16N4OS2/c1-3-7-12-13-9(16-7)11-8(14)6(10)4-5-15-2/h6H,3-5,10H2,1-2H3,(H,11,13,14)/t6-/m0/s1. The fraction of sp³-hybridized carbons (Fsp3) is 0.667. The largest absolute Gasteiger partial charge is 0.320 e. The van der Waals surface area contributed by atoms with Gasteiger partial charge in [-0.2, -0.15) is 11.8 Å². The maximum atomic E-state index is 11.6. The van der Waals surface area contributed by atoms with Crippen LogP contribution in [0.1, 0.15) is 18.4 Å². The predicted octanol–water partition coefficient (Wildman–Crippen LogP) is 1.12. The van der Waals surface area contributed by atoms with E-state index in [0.29, 0.717) is 11.6 Å². The van der Waals surface area contributed by atoms with Crippen LogP contribution in [0.3, 0.4) is 0 Å². The summed E-state index contributed by atoms with van der Waals surface area (Å²) in [7, 11) is 0. The Balaban J connectivity index is 2.44. The van der Waals surface area contributed by atoms with Gasteiger partial charge in [-0.1, -0.05) is 18.3 Å². The van der Waals surface area contributed by atoms with Crippen molar-refractivity contribution in [3.8, 4) is 0 Å². The van der Waals surface area contributed by atoms with Gasteiger partial charge in [0, 0.05) is 0 Å². The minimum atomic E-state index is -0.471. The lowest BCUT2D eigenvalue weighted by atomic mass is 10.2. The third kappa shape index (κ3) is 4.07. The van der Waals surface area contributed by atoms with Gasteiger partial charge < -0.3 is 5.73 Å². The van der Waals surface area contributed by atoms with E-state index in [9.17, 15) is 4.79 Å². The van der Waals surface area contributed by atoms with Gasteiger partial charge in [0.15, 0.2) is 0 Å². The molecule has 0 unspecified atom stereocenters. The molecule has 1 rings (SSSR count). The second kappa shape index (κ2) is 6.82. The molecule has 1 amide bonds. The molecule has 16 heavy (non-hydrogen) atoms. The van der Waals surface area contributed by atoms with E-state index in [0.717, 1.165) is 17.2 Å². The number of nitrogens with one attached hydrogen (secondary N) is 1. The summed E-state index contributed by atoms with van der Waals surface area (Å²) in [6.07, 6.45) is 3.49. The highest BCUT2D eigenvalue weighted by atomic mass is 32.2. The van der Waals surface area contributed by atoms with Crippen LogP contribution in [0.25, 0.3) is 0 Å². The van der Waals surface area contributed by atoms with Crippen LogP contribution >= 0.6 is 23.1 Å². The number of aryl methyl sites for hydroxylation is 1. The normalized spacial score (nSPS) is 12.4. The Morgan fingerprint density at radius 3 is 2.94 bits per heavy atom. The van der Waals surface area contributed by atoms with Crippen LogP contribution in [0.4, 0.5) is 5.13 Å². The molecule has 0 spiro atoms. The van der Waals surface area contributed by atoms with E-state index in [4.69, 9.17) is 5.73 Å². The first kappa shape index (κ1) is 13.4. The number of nitrogens with two attached hydrogens (primary N) is 1. The molecule has 0 aromatic carbocycles. The van der Waals surface area contributed by atoms with Crippen LogP contribution < -0.4 is 11.1 Å². The highest BCUT2D eigenvalue weighted by molar-refractivity contribution is 7.98. The lowest BCUT2D eigenvalue weighted by Crippen LogP contribution is -2.36. The summed E-state index contributed by atoms with van der Waals surface area (Å²) in [6.45, 7) is 2.00. The zero-order chi connectivity index (χ0) is 12.0. The molecule has 0 radical (unpaired) electrons. The first-order valence-corrected chi connectivity index (χ1v) is 7.26. The van der Waals surface area contributed by atoms with Gasteiger partial charge in [-0.3, -0.25) is 10.1 Å². The van der Waals surface area contributed by atoms with E-state index >= 15 is 0 Å². The molecule has 7 heteroatoms. The molecule has 0 aliphatic rings. The fourth-order valence-electron chi connectivity index (χ4n) is 1.02. The zero-order valence-corrected chi connectivity index (χ0v) is 11.0. The molecular weight excluding hydrogens is 244 g/mol. The molecule has 5 nitrogen and oxygen atoms in total. The minimum Gasteiger partial charge on any atom is -0.320 e. The van der Waals surface area contributed by atoms with Crippen molar-refractivity contribution < 1.29 is 4.79 Å². The number of aromatic nitrogens is 2. The fourth-order valence-corrected chi connectivity index (χ4v) is 2.19. The zero-order valence-electron chi connectivity index (χ0n) is 9.40. The van der Waals surface area contributed by atoms with Gasteiger partial charge in [0.25, 0.3) is 0 Å². The number of thioether (sulfide) groups is 1. The third-order valence-electron chi connectivity index (χ3n) is 1.97. The van der Waals surface area contributed by atoms with Crippen LogP contribution in [0.15, 0.2) is 0 Å². The van der Waals surface area contributed by atoms with Crippen LogP contribution in [0.5, 0.6) is 0 Å². The first-order valence-electron chi connectivity index (χ1n) is 5.05. The van der Waals surface area contributed by atoms with Gasteiger partial charge in [0.2, 0.25) is 11.0 Å². The number of hydrogen-bond acceptors (Lipinski definition) is 6. The van der Waals surface area contributed by atoms with Crippen LogP contribution in [0.2, 0.25) is 0 Å². The summed E-state index contributed by atoms with van der Waals surface area (Å²) in [5, 5.41) is 11.9. The van der Waals surface area contributed by atoms with Gasteiger partial charge in [-0.15, -0.1) is 10.2 Å². The van der Waals surface area contributed by atoms with Gasteiger partial charge >= 0.3 is 0 Å². The maximum absolute atomic E-state index is 11.6. The smallest absolute Gasteiger partial charge is 0.243 e. The molecule has 1 aromatic heterocycles. The molecule has 0 bridgehead atoms. The van der Waals surface area contributed by atoms with Crippen molar-refractivity contribution >= 4 is 34.1 Å². The van der Waals surface area contributed by atoms with Gasteiger partial charge in [-0.05, 0) is 24.9 Å². The van der Waals surface area contributed by atoms with Crippen molar-refractivity contribution in [1.82, 2.24) is 10.2 Å². The Morgan fingerprint density at radius 2 is 2.38 bits per heavy atom. The number of nitrogens with zero attached hydrogens (tertiary/aromatic N) is 2. The lowest BCUT2D eigenvalue weighted by molar-refractivity contribution is -0.117. The number of amides is 1. The summed E-state index contributed by atoms with van der Waals surface area (Å²) in [4.78, 5) is 11.6. The number of carbonyl (C=O) groups excluding carboxylic acids is 1.